The maximum atomic E-state index is 9.48. The molecule has 3 rings (SSSR count). The van der Waals surface area contributed by atoms with Crippen molar-refractivity contribution < 1.29 is 4.74 Å². The van der Waals surface area contributed by atoms with Crippen LogP contribution in [0.4, 0.5) is 0 Å². The number of nitrogens with zero attached hydrogens (tertiary/aromatic N) is 2. The van der Waals surface area contributed by atoms with Crippen LogP contribution in [0.5, 0.6) is 5.75 Å². The second-order valence-corrected chi connectivity index (χ2v) is 6.02. The summed E-state index contributed by atoms with van der Waals surface area (Å²) in [7, 11) is 1.62. The van der Waals surface area contributed by atoms with Gasteiger partial charge in [-0.15, -0.1) is 0 Å². The van der Waals surface area contributed by atoms with Gasteiger partial charge in [0.1, 0.15) is 17.6 Å². The quantitative estimate of drug-likeness (QED) is 0.682. The summed E-state index contributed by atoms with van der Waals surface area (Å²) < 4.78 is 6.06. The predicted molar refractivity (Wildman–Crippen MR) is 95.0 cm³/mol. The lowest BCUT2D eigenvalue weighted by Gasteiger charge is -2.03. The van der Waals surface area contributed by atoms with E-state index in [4.69, 9.17) is 4.74 Å². The zero-order valence-electron chi connectivity index (χ0n) is 12.7. The van der Waals surface area contributed by atoms with Gasteiger partial charge in [0.05, 0.1) is 28.2 Å². The molecule has 4 nitrogen and oxygen atoms in total. The van der Waals surface area contributed by atoms with E-state index in [9.17, 15) is 5.26 Å². The van der Waals surface area contributed by atoms with Crippen LogP contribution in [0.1, 0.15) is 17.0 Å². The molecule has 0 aliphatic heterocycles. The number of nitriles is 1. The summed E-state index contributed by atoms with van der Waals surface area (Å²) in [5, 5.41) is 9.48. The van der Waals surface area contributed by atoms with E-state index in [1.54, 1.807) is 13.2 Å². The first-order valence-electron chi connectivity index (χ1n) is 7.03. The molecule has 0 bridgehead atoms. The van der Waals surface area contributed by atoms with Gasteiger partial charge in [0.25, 0.3) is 0 Å². The van der Waals surface area contributed by atoms with Gasteiger partial charge in [-0.1, -0.05) is 12.1 Å². The fourth-order valence-corrected chi connectivity index (χ4v) is 2.90. The van der Waals surface area contributed by atoms with E-state index in [0.717, 1.165) is 32.4 Å². The number of hydrogen-bond donors (Lipinski definition) is 1. The number of aryl methyl sites for hydroxylation is 1. The fraction of sp³-hybridized carbons (Fsp3) is 0.111. The smallest absolute Gasteiger partial charge is 0.149 e. The van der Waals surface area contributed by atoms with Crippen LogP contribution in [0.2, 0.25) is 0 Å². The SMILES string of the molecule is COc1ccc(/C=C(\C#N)c2nc3ccc(C)cc3[nH]2)cc1Br. The minimum Gasteiger partial charge on any atom is -0.496 e. The Kier molecular flexibility index (Phi) is 4.18. The Morgan fingerprint density at radius 3 is 2.83 bits per heavy atom. The Morgan fingerprint density at radius 2 is 2.13 bits per heavy atom. The summed E-state index contributed by atoms with van der Waals surface area (Å²) in [6.07, 6.45) is 1.80. The molecular weight excluding hydrogens is 354 g/mol. The number of aromatic amines is 1. The highest BCUT2D eigenvalue weighted by atomic mass is 79.9. The van der Waals surface area contributed by atoms with Crippen LogP contribution < -0.4 is 4.74 Å². The van der Waals surface area contributed by atoms with Crippen LogP contribution in [0.25, 0.3) is 22.7 Å². The van der Waals surface area contributed by atoms with Crippen molar-refractivity contribution in [2.75, 3.05) is 7.11 Å². The van der Waals surface area contributed by atoms with Gasteiger partial charge in [0.15, 0.2) is 0 Å². The zero-order chi connectivity index (χ0) is 16.4. The fourth-order valence-electron chi connectivity index (χ4n) is 2.34. The minimum atomic E-state index is 0.482. The van der Waals surface area contributed by atoms with E-state index in [1.807, 2.05) is 43.3 Å². The van der Waals surface area contributed by atoms with Crippen molar-refractivity contribution in [2.24, 2.45) is 0 Å². The van der Waals surface area contributed by atoms with E-state index in [0.29, 0.717) is 11.4 Å². The number of nitrogens with one attached hydrogen (secondary N) is 1. The lowest BCUT2D eigenvalue weighted by Crippen LogP contribution is -1.87. The van der Waals surface area contributed by atoms with Crippen molar-refractivity contribution >= 4 is 38.6 Å². The molecule has 23 heavy (non-hydrogen) atoms. The monoisotopic (exact) mass is 367 g/mol. The summed E-state index contributed by atoms with van der Waals surface area (Å²) in [6, 6.07) is 13.8. The summed E-state index contributed by atoms with van der Waals surface area (Å²) in [4.78, 5) is 7.70. The van der Waals surface area contributed by atoms with Crippen molar-refractivity contribution in [1.29, 1.82) is 5.26 Å². The predicted octanol–water partition coefficient (Wildman–Crippen LogP) is 4.71. The van der Waals surface area contributed by atoms with Crippen LogP contribution in [0, 0.1) is 18.3 Å². The van der Waals surface area contributed by atoms with Crippen LogP contribution in [-0.2, 0) is 0 Å². The lowest BCUT2D eigenvalue weighted by atomic mass is 10.1. The minimum absolute atomic E-state index is 0.482. The number of rotatable bonds is 3. The van der Waals surface area contributed by atoms with Gasteiger partial charge in [-0.2, -0.15) is 5.26 Å². The normalized spacial score (nSPS) is 11.5. The number of imidazole rings is 1. The number of allylic oxidation sites excluding steroid dienone is 1. The number of H-pyrrole nitrogens is 1. The first-order valence-corrected chi connectivity index (χ1v) is 7.82. The molecule has 5 heteroatoms. The van der Waals surface area contributed by atoms with E-state index in [2.05, 4.69) is 32.0 Å². The van der Waals surface area contributed by atoms with Crippen LogP contribution >= 0.6 is 15.9 Å². The van der Waals surface area contributed by atoms with E-state index < -0.39 is 0 Å². The molecule has 0 saturated carbocycles. The number of halogens is 1. The molecule has 0 aliphatic rings. The first kappa shape index (κ1) is 15.3. The highest BCUT2D eigenvalue weighted by molar-refractivity contribution is 9.10. The van der Waals surface area contributed by atoms with E-state index in [-0.39, 0.29) is 0 Å². The summed E-state index contributed by atoms with van der Waals surface area (Å²) in [6.45, 7) is 2.02. The number of aromatic nitrogens is 2. The molecule has 0 fully saturated rings. The molecule has 3 aromatic rings. The summed E-state index contributed by atoms with van der Waals surface area (Å²) >= 11 is 3.45. The third-order valence-electron chi connectivity index (χ3n) is 3.50. The maximum Gasteiger partial charge on any atom is 0.149 e. The molecule has 0 aliphatic carbocycles. The summed E-state index contributed by atoms with van der Waals surface area (Å²) in [5.74, 6) is 1.32. The van der Waals surface area contributed by atoms with Gasteiger partial charge in [-0.25, -0.2) is 4.98 Å². The molecule has 0 unspecified atom stereocenters. The molecule has 0 spiro atoms. The molecule has 114 valence electrons. The van der Waals surface area contributed by atoms with E-state index in [1.165, 1.54) is 0 Å². The average Bonchev–Trinajstić information content (AvgIpc) is 2.95. The number of hydrogen-bond acceptors (Lipinski definition) is 3. The standard InChI is InChI=1S/C18H14BrN3O/c1-11-3-5-15-16(7-11)22-18(21-15)13(10-20)8-12-4-6-17(23-2)14(19)9-12/h3-9H,1-2H3,(H,21,22)/b13-8+. The Balaban J connectivity index is 2.04. The molecule has 0 radical (unpaired) electrons. The molecular formula is C18H14BrN3O. The highest BCUT2D eigenvalue weighted by Gasteiger charge is 2.09. The molecule has 1 aromatic heterocycles. The Morgan fingerprint density at radius 1 is 1.30 bits per heavy atom. The van der Waals surface area contributed by atoms with Crippen molar-refractivity contribution in [3.8, 4) is 11.8 Å². The van der Waals surface area contributed by atoms with Crippen LogP contribution in [-0.4, -0.2) is 17.1 Å². The average molecular weight is 368 g/mol. The molecule has 1 N–H and O–H groups in total. The van der Waals surface area contributed by atoms with Gasteiger partial charge < -0.3 is 9.72 Å². The Hall–Kier alpha value is -2.58. The Labute approximate surface area is 142 Å². The van der Waals surface area contributed by atoms with Crippen molar-refractivity contribution in [3.63, 3.8) is 0 Å². The zero-order valence-corrected chi connectivity index (χ0v) is 14.3. The number of benzene rings is 2. The van der Waals surface area contributed by atoms with Gasteiger partial charge in [-0.3, -0.25) is 0 Å². The van der Waals surface area contributed by atoms with Crippen molar-refractivity contribution in [2.45, 2.75) is 6.92 Å². The molecule has 0 amide bonds. The lowest BCUT2D eigenvalue weighted by molar-refractivity contribution is 0.412. The number of fused-ring (bicyclic) bond motifs is 1. The molecule has 2 aromatic carbocycles. The third kappa shape index (κ3) is 3.13. The van der Waals surface area contributed by atoms with Gasteiger partial charge in [0, 0.05) is 0 Å². The Bertz CT molecular complexity index is 951. The summed E-state index contributed by atoms with van der Waals surface area (Å²) in [5.41, 5.74) is 4.30. The number of ether oxygens (including phenoxy) is 1. The first-order chi connectivity index (χ1) is 11.1. The van der Waals surface area contributed by atoms with Gasteiger partial charge in [0.2, 0.25) is 0 Å². The largest absolute Gasteiger partial charge is 0.496 e. The second-order valence-electron chi connectivity index (χ2n) is 5.17. The second kappa shape index (κ2) is 6.27. The van der Waals surface area contributed by atoms with Crippen LogP contribution in [0.3, 0.4) is 0 Å². The molecule has 0 saturated heterocycles. The third-order valence-corrected chi connectivity index (χ3v) is 4.12. The number of methoxy groups -OCH3 is 1. The highest BCUT2D eigenvalue weighted by Crippen LogP contribution is 2.27. The van der Waals surface area contributed by atoms with Crippen molar-refractivity contribution in [1.82, 2.24) is 9.97 Å². The van der Waals surface area contributed by atoms with Crippen molar-refractivity contribution in [3.05, 3.63) is 57.8 Å². The topological polar surface area (TPSA) is 61.7 Å². The van der Waals surface area contributed by atoms with Gasteiger partial charge in [-0.05, 0) is 64.3 Å². The van der Waals surface area contributed by atoms with E-state index >= 15 is 0 Å². The van der Waals surface area contributed by atoms with Crippen LogP contribution in [0.15, 0.2) is 40.9 Å². The molecule has 1 heterocycles. The maximum absolute atomic E-state index is 9.48. The molecule has 0 atom stereocenters. The van der Waals surface area contributed by atoms with Gasteiger partial charge >= 0.3 is 0 Å².